The predicted molar refractivity (Wildman–Crippen MR) is 151 cm³/mol. The minimum Gasteiger partial charge on any atom is -0.456 e. The van der Waals surface area contributed by atoms with Crippen molar-refractivity contribution in [2.45, 2.75) is 0 Å². The number of para-hydroxylation sites is 3. The van der Waals surface area contributed by atoms with Gasteiger partial charge in [-0.05, 0) is 52.2 Å². The molecule has 0 unspecified atom stereocenters. The van der Waals surface area contributed by atoms with Crippen LogP contribution in [0.1, 0.15) is 0 Å². The van der Waals surface area contributed by atoms with E-state index in [1.165, 1.54) is 60.0 Å². The van der Waals surface area contributed by atoms with Crippen molar-refractivity contribution in [3.8, 4) is 11.1 Å². The molecule has 36 heavy (non-hydrogen) atoms. The van der Waals surface area contributed by atoms with Gasteiger partial charge in [-0.2, -0.15) is 0 Å². The maximum Gasteiger partial charge on any atom is 0.135 e. The Balaban J connectivity index is 1.53. The molecule has 3 aromatic heterocycles. The summed E-state index contributed by atoms with van der Waals surface area (Å²) in [5, 5.41) is 10.1. The summed E-state index contributed by atoms with van der Waals surface area (Å²) in [5.41, 5.74) is 8.19. The number of rotatable bonds is 1. The molecule has 166 valence electrons. The van der Waals surface area contributed by atoms with Gasteiger partial charge in [0.1, 0.15) is 11.2 Å². The lowest BCUT2D eigenvalue weighted by molar-refractivity contribution is 0.669. The monoisotopic (exact) mass is 457 g/mol. The van der Waals surface area contributed by atoms with Crippen LogP contribution in [0.25, 0.3) is 81.9 Å². The van der Waals surface area contributed by atoms with Gasteiger partial charge in [-0.3, -0.25) is 0 Å². The summed E-state index contributed by atoms with van der Waals surface area (Å²) < 4.78 is 8.62. The first-order chi connectivity index (χ1) is 17.9. The summed E-state index contributed by atoms with van der Waals surface area (Å²) in [6, 6.07) is 41.6. The van der Waals surface area contributed by atoms with Crippen molar-refractivity contribution in [3.05, 3.63) is 115 Å². The summed E-state index contributed by atoms with van der Waals surface area (Å²) in [6.07, 6.45) is 0. The fourth-order valence-electron chi connectivity index (χ4n) is 6.43. The quantitative estimate of drug-likeness (QED) is 0.240. The van der Waals surface area contributed by atoms with E-state index in [4.69, 9.17) is 4.42 Å². The molecule has 0 saturated heterocycles. The summed E-state index contributed by atoms with van der Waals surface area (Å²) >= 11 is 0. The molecule has 0 aliphatic carbocycles. The van der Waals surface area contributed by atoms with Crippen molar-refractivity contribution < 1.29 is 4.42 Å². The van der Waals surface area contributed by atoms with Crippen LogP contribution in [0.5, 0.6) is 0 Å². The van der Waals surface area contributed by atoms with Gasteiger partial charge in [0.25, 0.3) is 0 Å². The third-order valence-electron chi connectivity index (χ3n) is 7.90. The molecule has 0 bridgehead atoms. The average molecular weight is 458 g/mol. The van der Waals surface area contributed by atoms with Crippen LogP contribution in [0.2, 0.25) is 0 Å². The molecular formula is C34H19NO. The van der Waals surface area contributed by atoms with E-state index in [-0.39, 0.29) is 0 Å². The number of fused-ring (bicyclic) bond motifs is 10. The highest BCUT2D eigenvalue weighted by Crippen LogP contribution is 2.46. The highest BCUT2D eigenvalue weighted by Gasteiger charge is 2.21. The second kappa shape index (κ2) is 6.44. The predicted octanol–water partition coefficient (Wildman–Crippen LogP) is 9.56. The van der Waals surface area contributed by atoms with E-state index >= 15 is 0 Å². The molecule has 0 aliphatic rings. The Morgan fingerprint density at radius 1 is 0.472 bits per heavy atom. The Hall–Kier alpha value is -4.82. The van der Waals surface area contributed by atoms with Gasteiger partial charge in [0.15, 0.2) is 0 Å². The lowest BCUT2D eigenvalue weighted by atomic mass is 9.92. The normalized spacial score (nSPS) is 12.4. The van der Waals surface area contributed by atoms with Crippen LogP contribution < -0.4 is 0 Å². The van der Waals surface area contributed by atoms with Crippen molar-refractivity contribution in [3.63, 3.8) is 0 Å². The van der Waals surface area contributed by atoms with Gasteiger partial charge in [0, 0.05) is 32.3 Å². The molecule has 0 fully saturated rings. The van der Waals surface area contributed by atoms with Crippen LogP contribution in [-0.2, 0) is 0 Å². The van der Waals surface area contributed by atoms with Crippen molar-refractivity contribution in [1.82, 2.24) is 4.40 Å². The fourth-order valence-corrected chi connectivity index (χ4v) is 6.43. The Kier molecular flexibility index (Phi) is 3.31. The summed E-state index contributed by atoms with van der Waals surface area (Å²) in [7, 11) is 0. The molecule has 0 aliphatic heterocycles. The molecule has 2 nitrogen and oxygen atoms in total. The Labute approximate surface area is 205 Å². The maximum atomic E-state index is 6.15. The van der Waals surface area contributed by atoms with Crippen LogP contribution in [0.15, 0.2) is 120 Å². The second-order valence-electron chi connectivity index (χ2n) is 9.73. The third-order valence-corrected chi connectivity index (χ3v) is 7.90. The third kappa shape index (κ3) is 2.18. The van der Waals surface area contributed by atoms with E-state index in [1.54, 1.807) is 0 Å². The van der Waals surface area contributed by atoms with Crippen molar-refractivity contribution in [1.29, 1.82) is 0 Å². The lowest BCUT2D eigenvalue weighted by Gasteiger charge is -2.11. The zero-order valence-corrected chi connectivity index (χ0v) is 19.3. The molecular weight excluding hydrogens is 438 g/mol. The Morgan fingerprint density at radius 3 is 2.14 bits per heavy atom. The van der Waals surface area contributed by atoms with Crippen molar-refractivity contribution in [2.24, 2.45) is 0 Å². The fraction of sp³-hybridized carbons (Fsp3) is 0. The Morgan fingerprint density at radius 2 is 1.19 bits per heavy atom. The van der Waals surface area contributed by atoms with E-state index in [1.807, 2.05) is 12.1 Å². The SMILES string of the molecule is c1ccc2c(-c3ccc4oc5ccccc5c4c3)c3c4cccc5c6ccccc6n(c3cc2c1)c54. The first-order valence-corrected chi connectivity index (χ1v) is 12.4. The highest BCUT2D eigenvalue weighted by atomic mass is 16.3. The minimum absolute atomic E-state index is 0.927. The van der Waals surface area contributed by atoms with Crippen LogP contribution in [0.4, 0.5) is 0 Å². The smallest absolute Gasteiger partial charge is 0.135 e. The molecule has 0 saturated carbocycles. The minimum atomic E-state index is 0.927. The number of aromatic nitrogens is 1. The zero-order valence-electron chi connectivity index (χ0n) is 19.3. The van der Waals surface area contributed by atoms with E-state index < -0.39 is 0 Å². The highest BCUT2D eigenvalue weighted by molar-refractivity contribution is 6.29. The van der Waals surface area contributed by atoms with Gasteiger partial charge < -0.3 is 8.82 Å². The van der Waals surface area contributed by atoms with Gasteiger partial charge in [-0.1, -0.05) is 84.9 Å². The summed E-state index contributed by atoms with van der Waals surface area (Å²) in [5.74, 6) is 0. The van der Waals surface area contributed by atoms with E-state index in [9.17, 15) is 0 Å². The van der Waals surface area contributed by atoms with Gasteiger partial charge in [-0.15, -0.1) is 0 Å². The number of hydrogen-bond acceptors (Lipinski definition) is 1. The molecule has 0 N–H and O–H groups in total. The molecule has 0 radical (unpaired) electrons. The topological polar surface area (TPSA) is 17.6 Å². The number of nitrogens with zero attached hydrogens (tertiary/aromatic N) is 1. The molecule has 0 atom stereocenters. The van der Waals surface area contributed by atoms with E-state index in [0.717, 1.165) is 21.9 Å². The molecule has 0 spiro atoms. The maximum absolute atomic E-state index is 6.15. The van der Waals surface area contributed by atoms with Gasteiger partial charge >= 0.3 is 0 Å². The van der Waals surface area contributed by atoms with Gasteiger partial charge in [0.2, 0.25) is 0 Å². The average Bonchev–Trinajstić information content (AvgIpc) is 3.58. The van der Waals surface area contributed by atoms with Crippen LogP contribution in [0.3, 0.4) is 0 Å². The van der Waals surface area contributed by atoms with Crippen LogP contribution in [-0.4, -0.2) is 4.40 Å². The van der Waals surface area contributed by atoms with Crippen molar-refractivity contribution >= 4 is 70.8 Å². The standard InChI is InChI=1S/C34H19NO/c1-2-9-22-20(8-1)19-29-33(26-13-7-12-25-23-10-3-5-14-28(23)35(29)34(25)26)32(22)21-16-17-31-27(18-21)24-11-4-6-15-30(24)36-31/h1-19H. The van der Waals surface area contributed by atoms with Gasteiger partial charge in [-0.25, -0.2) is 0 Å². The molecule has 6 aromatic carbocycles. The van der Waals surface area contributed by atoms with E-state index in [0.29, 0.717) is 0 Å². The molecule has 2 heteroatoms. The largest absolute Gasteiger partial charge is 0.456 e. The summed E-state index contributed by atoms with van der Waals surface area (Å²) in [6.45, 7) is 0. The van der Waals surface area contributed by atoms with Crippen molar-refractivity contribution in [2.75, 3.05) is 0 Å². The van der Waals surface area contributed by atoms with E-state index in [2.05, 4.69) is 108 Å². The zero-order chi connectivity index (χ0) is 23.4. The first kappa shape index (κ1) is 18.5. The molecule has 9 rings (SSSR count). The molecule has 9 aromatic rings. The van der Waals surface area contributed by atoms with Crippen LogP contribution in [0, 0.1) is 0 Å². The molecule has 0 amide bonds. The van der Waals surface area contributed by atoms with Crippen LogP contribution >= 0.6 is 0 Å². The van der Waals surface area contributed by atoms with Gasteiger partial charge in [0.05, 0.1) is 16.6 Å². The molecule has 3 heterocycles. The number of hydrogen-bond donors (Lipinski definition) is 0. The first-order valence-electron chi connectivity index (χ1n) is 12.4. The number of furan rings is 1. The lowest BCUT2D eigenvalue weighted by Crippen LogP contribution is -1.86. The Bertz CT molecular complexity index is 2310. The second-order valence-corrected chi connectivity index (χ2v) is 9.73. The summed E-state index contributed by atoms with van der Waals surface area (Å²) in [4.78, 5) is 0. The number of benzene rings is 6.